The third kappa shape index (κ3) is 3.24. The van der Waals surface area contributed by atoms with Crippen LogP contribution in [-0.2, 0) is 9.47 Å². The molecule has 0 spiro atoms. The van der Waals surface area contributed by atoms with Crippen LogP contribution >= 0.6 is 0 Å². The highest BCUT2D eigenvalue weighted by atomic mass is 16.6. The number of hydrogen-bond donors (Lipinski definition) is 0. The average Bonchev–Trinajstić information content (AvgIpc) is 2.78. The summed E-state index contributed by atoms with van der Waals surface area (Å²) in [6.07, 6.45) is -0.738. The van der Waals surface area contributed by atoms with Crippen LogP contribution in [0.2, 0.25) is 0 Å². The van der Waals surface area contributed by atoms with E-state index in [4.69, 9.17) is 9.47 Å². The van der Waals surface area contributed by atoms with Gasteiger partial charge in [0.05, 0.1) is 12.1 Å². The minimum atomic E-state index is -0.403. The molecule has 0 radical (unpaired) electrons. The van der Waals surface area contributed by atoms with E-state index in [9.17, 15) is 9.59 Å². The highest BCUT2D eigenvalue weighted by Crippen LogP contribution is 2.15. The first-order valence-corrected chi connectivity index (χ1v) is 6.27. The van der Waals surface area contributed by atoms with Gasteiger partial charge >= 0.3 is 12.1 Å². The number of hydrogen-bond acceptors (Lipinski definition) is 4. The SMILES string of the molecule is CC(C)N1CC(COC(=O)c2ccccc2)OC1=O. The maximum atomic E-state index is 11.7. The predicted molar refractivity (Wildman–Crippen MR) is 68.8 cm³/mol. The molecule has 1 aliphatic rings. The van der Waals surface area contributed by atoms with Gasteiger partial charge in [-0.15, -0.1) is 0 Å². The fourth-order valence-corrected chi connectivity index (χ4v) is 1.88. The summed E-state index contributed by atoms with van der Waals surface area (Å²) in [6, 6.07) is 8.82. The molecule has 1 aromatic carbocycles. The second kappa shape index (κ2) is 5.73. The van der Waals surface area contributed by atoms with Crippen molar-refractivity contribution in [1.82, 2.24) is 4.90 Å². The van der Waals surface area contributed by atoms with Gasteiger partial charge in [-0.3, -0.25) is 0 Å². The number of carbonyl (C=O) groups is 2. The highest BCUT2D eigenvalue weighted by Gasteiger charge is 2.33. The third-order valence-corrected chi connectivity index (χ3v) is 2.94. The summed E-state index contributed by atoms with van der Waals surface area (Å²) in [7, 11) is 0. The molecule has 1 saturated heterocycles. The Morgan fingerprint density at radius 2 is 2.11 bits per heavy atom. The summed E-state index contributed by atoms with van der Waals surface area (Å²) in [5, 5.41) is 0. The Morgan fingerprint density at radius 1 is 1.42 bits per heavy atom. The number of rotatable bonds is 4. The van der Waals surface area contributed by atoms with E-state index in [1.54, 1.807) is 29.2 Å². The number of esters is 1. The standard InChI is InChI=1S/C14H17NO4/c1-10(2)15-8-12(19-14(15)17)9-18-13(16)11-6-4-3-5-7-11/h3-7,10,12H,8-9H2,1-2H3. The summed E-state index contributed by atoms with van der Waals surface area (Å²) < 4.78 is 10.3. The lowest BCUT2D eigenvalue weighted by Gasteiger charge is -2.16. The molecule has 102 valence electrons. The summed E-state index contributed by atoms with van der Waals surface area (Å²) in [6.45, 7) is 4.38. The van der Waals surface area contributed by atoms with Gasteiger partial charge in [0.25, 0.3) is 0 Å². The van der Waals surface area contributed by atoms with E-state index in [0.29, 0.717) is 12.1 Å². The molecule has 5 heteroatoms. The molecule has 0 bridgehead atoms. The van der Waals surface area contributed by atoms with Crippen molar-refractivity contribution in [2.45, 2.75) is 26.0 Å². The summed E-state index contributed by atoms with van der Waals surface area (Å²) in [4.78, 5) is 24.8. The second-order valence-corrected chi connectivity index (χ2v) is 4.72. The summed E-state index contributed by atoms with van der Waals surface area (Å²) in [5.74, 6) is -0.403. The molecular weight excluding hydrogens is 246 g/mol. The third-order valence-electron chi connectivity index (χ3n) is 2.94. The Kier molecular flexibility index (Phi) is 4.04. The van der Waals surface area contributed by atoms with Gasteiger partial charge in [0.15, 0.2) is 6.10 Å². The molecule has 1 aromatic rings. The van der Waals surface area contributed by atoms with Crippen molar-refractivity contribution < 1.29 is 19.1 Å². The van der Waals surface area contributed by atoms with Crippen LogP contribution in [0.1, 0.15) is 24.2 Å². The molecule has 1 fully saturated rings. The molecule has 1 heterocycles. The molecule has 1 aliphatic heterocycles. The molecule has 1 unspecified atom stereocenters. The van der Waals surface area contributed by atoms with E-state index >= 15 is 0 Å². The normalized spacial score (nSPS) is 18.6. The van der Waals surface area contributed by atoms with Crippen LogP contribution in [0, 0.1) is 0 Å². The Bertz CT molecular complexity index is 458. The maximum absolute atomic E-state index is 11.7. The zero-order valence-electron chi connectivity index (χ0n) is 11.0. The summed E-state index contributed by atoms with van der Waals surface area (Å²) >= 11 is 0. The van der Waals surface area contributed by atoms with E-state index < -0.39 is 5.97 Å². The van der Waals surface area contributed by atoms with Crippen molar-refractivity contribution in [2.75, 3.05) is 13.2 Å². The molecule has 0 aliphatic carbocycles. The van der Waals surface area contributed by atoms with Crippen molar-refractivity contribution in [3.8, 4) is 0 Å². The molecule has 5 nitrogen and oxygen atoms in total. The first-order valence-electron chi connectivity index (χ1n) is 6.27. The van der Waals surface area contributed by atoms with Gasteiger partial charge in [0, 0.05) is 6.04 Å². The number of cyclic esters (lactones) is 1. The van der Waals surface area contributed by atoms with Gasteiger partial charge in [0.2, 0.25) is 0 Å². The Hall–Kier alpha value is -2.04. The van der Waals surface area contributed by atoms with Crippen LogP contribution in [0.5, 0.6) is 0 Å². The van der Waals surface area contributed by atoms with Crippen molar-refractivity contribution in [3.05, 3.63) is 35.9 Å². The molecule has 1 amide bonds. The molecule has 0 N–H and O–H groups in total. The van der Waals surface area contributed by atoms with E-state index in [1.165, 1.54) is 0 Å². The first kappa shape index (κ1) is 13.4. The highest BCUT2D eigenvalue weighted by molar-refractivity contribution is 5.89. The molecule has 0 saturated carbocycles. The molecular formula is C14H17NO4. The van der Waals surface area contributed by atoms with Crippen molar-refractivity contribution in [3.63, 3.8) is 0 Å². The smallest absolute Gasteiger partial charge is 0.410 e. The van der Waals surface area contributed by atoms with E-state index in [2.05, 4.69) is 0 Å². The van der Waals surface area contributed by atoms with Gasteiger partial charge in [-0.05, 0) is 26.0 Å². The Labute approximate surface area is 112 Å². The van der Waals surface area contributed by atoms with Gasteiger partial charge < -0.3 is 14.4 Å². The largest absolute Gasteiger partial charge is 0.458 e. The van der Waals surface area contributed by atoms with E-state index in [1.807, 2.05) is 19.9 Å². The van der Waals surface area contributed by atoms with Gasteiger partial charge in [0.1, 0.15) is 6.61 Å². The van der Waals surface area contributed by atoms with Gasteiger partial charge in [-0.2, -0.15) is 0 Å². The van der Waals surface area contributed by atoms with Crippen molar-refractivity contribution in [2.24, 2.45) is 0 Å². The van der Waals surface area contributed by atoms with E-state index in [-0.39, 0.29) is 24.8 Å². The molecule has 0 aromatic heterocycles. The zero-order chi connectivity index (χ0) is 13.8. The van der Waals surface area contributed by atoms with Gasteiger partial charge in [-0.1, -0.05) is 18.2 Å². The lowest BCUT2D eigenvalue weighted by Crippen LogP contribution is -2.32. The Morgan fingerprint density at radius 3 is 2.68 bits per heavy atom. The van der Waals surface area contributed by atoms with E-state index in [0.717, 1.165) is 0 Å². The molecule has 1 atom stereocenters. The van der Waals surface area contributed by atoms with Crippen molar-refractivity contribution in [1.29, 1.82) is 0 Å². The quantitative estimate of drug-likeness (QED) is 0.780. The molecule has 2 rings (SSSR count). The van der Waals surface area contributed by atoms with Gasteiger partial charge in [-0.25, -0.2) is 9.59 Å². The van der Waals surface area contributed by atoms with Crippen molar-refractivity contribution >= 4 is 12.1 Å². The van der Waals surface area contributed by atoms with Crippen LogP contribution in [0.15, 0.2) is 30.3 Å². The minimum Gasteiger partial charge on any atom is -0.458 e. The monoisotopic (exact) mass is 263 g/mol. The zero-order valence-corrected chi connectivity index (χ0v) is 11.0. The molecule has 19 heavy (non-hydrogen) atoms. The lowest BCUT2D eigenvalue weighted by atomic mass is 10.2. The second-order valence-electron chi connectivity index (χ2n) is 4.72. The predicted octanol–water partition coefficient (Wildman–Crippen LogP) is 2.07. The lowest BCUT2D eigenvalue weighted by molar-refractivity contribution is 0.0300. The first-order chi connectivity index (χ1) is 9.08. The summed E-state index contributed by atoms with van der Waals surface area (Å²) in [5.41, 5.74) is 0.493. The van der Waals surface area contributed by atoms with Crippen LogP contribution in [0.4, 0.5) is 4.79 Å². The number of amides is 1. The van der Waals surface area contributed by atoms with Crippen LogP contribution in [0.25, 0.3) is 0 Å². The number of nitrogens with zero attached hydrogens (tertiary/aromatic N) is 1. The number of carbonyl (C=O) groups excluding carboxylic acids is 2. The maximum Gasteiger partial charge on any atom is 0.410 e. The van der Waals surface area contributed by atoms with Crippen LogP contribution in [-0.4, -0.2) is 42.3 Å². The number of ether oxygens (including phenoxy) is 2. The Balaban J connectivity index is 1.84. The minimum absolute atomic E-state index is 0.0855. The fourth-order valence-electron chi connectivity index (χ4n) is 1.88. The topological polar surface area (TPSA) is 55.8 Å². The van der Waals surface area contributed by atoms with Crippen LogP contribution in [0.3, 0.4) is 0 Å². The van der Waals surface area contributed by atoms with Crippen LogP contribution < -0.4 is 0 Å². The fraction of sp³-hybridized carbons (Fsp3) is 0.429. The average molecular weight is 263 g/mol. The number of benzene rings is 1.